The van der Waals surface area contributed by atoms with Crippen LogP contribution >= 0.6 is 27.3 Å². The Morgan fingerprint density at radius 3 is 2.80 bits per heavy atom. The van der Waals surface area contributed by atoms with Crippen molar-refractivity contribution >= 4 is 44.1 Å². The highest BCUT2D eigenvalue weighted by Crippen LogP contribution is 2.39. The second kappa shape index (κ2) is 9.96. The highest BCUT2D eigenvalue weighted by molar-refractivity contribution is 9.10. The number of ether oxygens (including phenoxy) is 1. The monoisotopic (exact) mass is 492 g/mol. The molecule has 5 nitrogen and oxygen atoms in total. The van der Waals surface area contributed by atoms with E-state index in [-0.39, 0.29) is 5.91 Å². The average molecular weight is 493 g/mol. The Balaban J connectivity index is 1.54. The summed E-state index contributed by atoms with van der Waals surface area (Å²) in [5.74, 6) is 1.23. The lowest BCUT2D eigenvalue weighted by Gasteiger charge is -2.18. The van der Waals surface area contributed by atoms with Gasteiger partial charge in [-0.2, -0.15) is 0 Å². The van der Waals surface area contributed by atoms with Gasteiger partial charge in [0.05, 0.1) is 16.6 Å². The van der Waals surface area contributed by atoms with Crippen molar-refractivity contribution in [1.82, 2.24) is 0 Å². The molecule has 2 aromatic rings. The molecule has 1 aromatic carbocycles. The number of primary amides is 1. The van der Waals surface area contributed by atoms with E-state index in [9.17, 15) is 9.59 Å². The lowest BCUT2D eigenvalue weighted by molar-refractivity contribution is -0.116. The van der Waals surface area contributed by atoms with E-state index < -0.39 is 5.91 Å². The summed E-state index contributed by atoms with van der Waals surface area (Å²) >= 11 is 5.04. The lowest BCUT2D eigenvalue weighted by atomic mass is 9.88. The molecule has 0 saturated carbocycles. The van der Waals surface area contributed by atoms with Gasteiger partial charge in [-0.1, -0.05) is 26.8 Å². The van der Waals surface area contributed by atoms with Crippen LogP contribution in [0.3, 0.4) is 0 Å². The Morgan fingerprint density at radius 1 is 1.37 bits per heavy atom. The molecule has 0 radical (unpaired) electrons. The molecule has 0 spiro atoms. The highest BCUT2D eigenvalue weighted by atomic mass is 79.9. The zero-order valence-electron chi connectivity index (χ0n) is 17.7. The van der Waals surface area contributed by atoms with Crippen LogP contribution in [-0.4, -0.2) is 18.4 Å². The second-order valence-electron chi connectivity index (χ2n) is 8.26. The summed E-state index contributed by atoms with van der Waals surface area (Å²) in [6.07, 6.45) is 3.73. The van der Waals surface area contributed by atoms with Crippen LogP contribution in [0.2, 0.25) is 0 Å². The van der Waals surface area contributed by atoms with Crippen molar-refractivity contribution in [3.63, 3.8) is 0 Å². The first-order valence-electron chi connectivity index (χ1n) is 10.4. The third-order valence-corrected chi connectivity index (χ3v) is 7.23. The van der Waals surface area contributed by atoms with Crippen LogP contribution in [-0.2, 0) is 17.6 Å². The van der Waals surface area contributed by atoms with Crippen molar-refractivity contribution < 1.29 is 14.3 Å². The molecule has 1 aromatic heterocycles. The Morgan fingerprint density at radius 2 is 2.13 bits per heavy atom. The summed E-state index contributed by atoms with van der Waals surface area (Å²) in [4.78, 5) is 25.6. The van der Waals surface area contributed by atoms with E-state index in [2.05, 4.69) is 54.2 Å². The van der Waals surface area contributed by atoms with Gasteiger partial charge in [0, 0.05) is 11.3 Å². The number of nitrogens with one attached hydrogen (secondary N) is 1. The molecule has 3 N–H and O–H groups in total. The molecular weight excluding hydrogens is 464 g/mol. The molecule has 0 bridgehead atoms. The van der Waals surface area contributed by atoms with E-state index in [1.807, 2.05) is 6.07 Å². The second-order valence-corrected chi connectivity index (χ2v) is 10.2. The van der Waals surface area contributed by atoms with Crippen LogP contribution in [0.25, 0.3) is 0 Å². The summed E-state index contributed by atoms with van der Waals surface area (Å²) in [7, 11) is 0. The topological polar surface area (TPSA) is 81.4 Å². The van der Waals surface area contributed by atoms with Crippen molar-refractivity contribution in [2.24, 2.45) is 11.7 Å². The van der Waals surface area contributed by atoms with Gasteiger partial charge in [0.25, 0.3) is 5.91 Å². The van der Waals surface area contributed by atoms with E-state index in [0.717, 1.165) is 35.0 Å². The molecule has 162 valence electrons. The molecular formula is C23H29BrN2O3S. The number of fused-ring (bicyclic) bond motifs is 1. The first-order chi connectivity index (χ1) is 14.3. The van der Waals surface area contributed by atoms with Crippen LogP contribution in [0.4, 0.5) is 5.00 Å². The third-order valence-electron chi connectivity index (χ3n) is 5.44. The normalized spacial score (nSPS) is 15.7. The van der Waals surface area contributed by atoms with Gasteiger partial charge in [-0.25, -0.2) is 0 Å². The summed E-state index contributed by atoms with van der Waals surface area (Å²) in [6.45, 7) is 6.94. The van der Waals surface area contributed by atoms with Gasteiger partial charge >= 0.3 is 0 Å². The zero-order valence-corrected chi connectivity index (χ0v) is 20.1. The van der Waals surface area contributed by atoms with Crippen LogP contribution in [0.15, 0.2) is 22.7 Å². The first-order valence-corrected chi connectivity index (χ1v) is 12.0. The van der Waals surface area contributed by atoms with Crippen LogP contribution < -0.4 is 15.8 Å². The Bertz CT molecular complexity index is 939. The molecule has 1 atom stereocenters. The van der Waals surface area contributed by atoms with Gasteiger partial charge in [0.15, 0.2) is 0 Å². The fraction of sp³-hybridized carbons (Fsp3) is 0.478. The van der Waals surface area contributed by atoms with Gasteiger partial charge in [-0.15, -0.1) is 11.3 Å². The number of hydrogen-bond donors (Lipinski definition) is 2. The number of thiophene rings is 1. The van der Waals surface area contributed by atoms with E-state index in [1.165, 1.54) is 21.8 Å². The maximum atomic E-state index is 12.4. The molecule has 0 saturated heterocycles. The van der Waals surface area contributed by atoms with E-state index >= 15 is 0 Å². The molecule has 30 heavy (non-hydrogen) atoms. The molecule has 7 heteroatoms. The first kappa shape index (κ1) is 22.8. The molecule has 1 aliphatic rings. The number of carbonyl (C=O) groups is 2. The number of anilines is 1. The van der Waals surface area contributed by atoms with Crippen LogP contribution in [0.5, 0.6) is 5.75 Å². The quantitative estimate of drug-likeness (QED) is 0.466. The largest absolute Gasteiger partial charge is 0.492 e. The molecule has 3 rings (SSSR count). The van der Waals surface area contributed by atoms with E-state index in [1.54, 1.807) is 0 Å². The molecule has 1 unspecified atom stereocenters. The predicted octanol–water partition coefficient (Wildman–Crippen LogP) is 5.66. The Kier molecular flexibility index (Phi) is 7.58. The lowest BCUT2D eigenvalue weighted by Crippen LogP contribution is -2.19. The molecule has 0 fully saturated rings. The summed E-state index contributed by atoms with van der Waals surface area (Å²) in [5, 5.41) is 3.50. The minimum atomic E-state index is -0.463. The standard InChI is InChI=1S/C23H29BrN2O3S/c1-13(2)15-7-9-18(17(24)12-15)29-10-4-5-20(27)26-23-21(22(25)28)16-8-6-14(3)11-19(16)30-23/h7,9,12-14H,4-6,8,10-11H2,1-3H3,(H2,25,28)(H,26,27). The van der Waals surface area contributed by atoms with Crippen LogP contribution in [0.1, 0.15) is 72.3 Å². The average Bonchev–Trinajstić information content (AvgIpc) is 3.02. The molecule has 0 aliphatic heterocycles. The number of halogens is 1. The van der Waals surface area contributed by atoms with Crippen molar-refractivity contribution in [3.05, 3.63) is 44.2 Å². The highest BCUT2D eigenvalue weighted by Gasteiger charge is 2.27. The van der Waals surface area contributed by atoms with Gasteiger partial charge < -0.3 is 15.8 Å². The van der Waals surface area contributed by atoms with Gasteiger partial charge in [0.2, 0.25) is 5.91 Å². The molecule has 2 amide bonds. The Hall–Kier alpha value is -1.86. The van der Waals surface area contributed by atoms with Gasteiger partial charge in [0.1, 0.15) is 10.8 Å². The van der Waals surface area contributed by atoms with E-state index in [4.69, 9.17) is 10.5 Å². The van der Waals surface area contributed by atoms with Crippen molar-refractivity contribution in [3.8, 4) is 5.75 Å². The number of hydrogen-bond acceptors (Lipinski definition) is 4. The fourth-order valence-electron chi connectivity index (χ4n) is 3.70. The fourth-order valence-corrected chi connectivity index (χ4v) is 5.64. The number of nitrogens with two attached hydrogens (primary N) is 1. The number of amides is 2. The minimum absolute atomic E-state index is 0.123. The van der Waals surface area contributed by atoms with E-state index in [0.29, 0.717) is 41.8 Å². The summed E-state index contributed by atoms with van der Waals surface area (Å²) in [6, 6.07) is 6.08. The smallest absolute Gasteiger partial charge is 0.251 e. The number of benzene rings is 1. The maximum Gasteiger partial charge on any atom is 0.251 e. The molecule has 1 heterocycles. The van der Waals surface area contributed by atoms with Crippen molar-refractivity contribution in [2.75, 3.05) is 11.9 Å². The predicted molar refractivity (Wildman–Crippen MR) is 126 cm³/mol. The SMILES string of the molecule is CC1CCc2c(sc(NC(=O)CCCOc3ccc(C(C)C)cc3Br)c2C(N)=O)C1. The maximum absolute atomic E-state index is 12.4. The Labute approximate surface area is 190 Å². The number of rotatable bonds is 8. The zero-order chi connectivity index (χ0) is 21.8. The number of carbonyl (C=O) groups excluding carboxylic acids is 2. The van der Waals surface area contributed by atoms with Crippen molar-refractivity contribution in [1.29, 1.82) is 0 Å². The van der Waals surface area contributed by atoms with Gasteiger partial charge in [-0.05, 0) is 76.7 Å². The summed E-state index contributed by atoms with van der Waals surface area (Å²) < 4.78 is 6.73. The van der Waals surface area contributed by atoms with Crippen LogP contribution in [0, 0.1) is 5.92 Å². The minimum Gasteiger partial charge on any atom is -0.492 e. The summed E-state index contributed by atoms with van der Waals surface area (Å²) in [5.41, 5.74) is 8.38. The molecule has 1 aliphatic carbocycles. The third kappa shape index (κ3) is 5.43. The van der Waals surface area contributed by atoms with Crippen molar-refractivity contribution in [2.45, 2.75) is 58.8 Å². The van der Waals surface area contributed by atoms with Gasteiger partial charge in [-0.3, -0.25) is 9.59 Å².